The summed E-state index contributed by atoms with van der Waals surface area (Å²) in [6.07, 6.45) is 7.69. The van der Waals surface area contributed by atoms with Gasteiger partial charge in [-0.1, -0.05) is 18.2 Å². The van der Waals surface area contributed by atoms with Crippen LogP contribution in [-0.2, 0) is 12.1 Å². The smallest absolute Gasteiger partial charge is 0.137 e. The van der Waals surface area contributed by atoms with E-state index in [1.165, 1.54) is 35.6 Å². The maximum Gasteiger partial charge on any atom is 0.137 e. The number of halogens is 1. The van der Waals surface area contributed by atoms with Crippen molar-refractivity contribution in [2.24, 2.45) is 0 Å². The summed E-state index contributed by atoms with van der Waals surface area (Å²) in [7, 11) is 0. The van der Waals surface area contributed by atoms with Gasteiger partial charge in [0.15, 0.2) is 0 Å². The quantitative estimate of drug-likeness (QED) is 0.684. The molecule has 2 bridgehead atoms. The lowest BCUT2D eigenvalue weighted by molar-refractivity contribution is -0.0615. The van der Waals surface area contributed by atoms with E-state index in [1.54, 1.807) is 12.1 Å². The molecule has 3 aromatic rings. The average molecular weight is 391 g/mol. The molecule has 1 aromatic carbocycles. The SMILES string of the molecule is OC1(c2ccccc2F)CC2CCC(C1)N2Cc1c(C2CC2)[nH]c2ncccc12. The van der Waals surface area contributed by atoms with E-state index in [-0.39, 0.29) is 17.9 Å². The molecule has 2 aromatic heterocycles. The number of fused-ring (bicyclic) bond motifs is 3. The van der Waals surface area contributed by atoms with Crippen molar-refractivity contribution in [3.63, 3.8) is 0 Å². The molecule has 1 aliphatic carbocycles. The Morgan fingerprint density at radius 1 is 1.07 bits per heavy atom. The molecule has 2 N–H and O–H groups in total. The lowest BCUT2D eigenvalue weighted by Gasteiger charge is -2.44. The van der Waals surface area contributed by atoms with E-state index in [2.05, 4.69) is 20.9 Å². The van der Waals surface area contributed by atoms with Gasteiger partial charge in [0.05, 0.1) is 5.60 Å². The van der Waals surface area contributed by atoms with Crippen molar-refractivity contribution in [3.05, 3.63) is 65.2 Å². The Balaban J connectivity index is 1.32. The van der Waals surface area contributed by atoms with Crippen molar-refractivity contribution in [1.29, 1.82) is 0 Å². The molecule has 3 aliphatic rings. The molecule has 0 amide bonds. The number of piperidine rings is 1. The van der Waals surface area contributed by atoms with E-state index >= 15 is 0 Å². The van der Waals surface area contributed by atoms with Gasteiger partial charge >= 0.3 is 0 Å². The van der Waals surface area contributed by atoms with Crippen molar-refractivity contribution in [2.75, 3.05) is 0 Å². The Morgan fingerprint density at radius 2 is 1.83 bits per heavy atom. The molecule has 0 radical (unpaired) electrons. The minimum Gasteiger partial charge on any atom is -0.385 e. The van der Waals surface area contributed by atoms with Gasteiger partial charge in [-0.2, -0.15) is 0 Å². The first kappa shape index (κ1) is 17.6. The van der Waals surface area contributed by atoms with Crippen LogP contribution in [0.5, 0.6) is 0 Å². The first-order chi connectivity index (χ1) is 14.1. The summed E-state index contributed by atoms with van der Waals surface area (Å²) >= 11 is 0. The largest absolute Gasteiger partial charge is 0.385 e. The Bertz CT molecular complexity index is 1060. The number of aromatic nitrogens is 2. The van der Waals surface area contributed by atoms with Gasteiger partial charge in [0, 0.05) is 41.5 Å². The molecule has 2 aliphatic heterocycles. The van der Waals surface area contributed by atoms with Crippen LogP contribution in [0.3, 0.4) is 0 Å². The summed E-state index contributed by atoms with van der Waals surface area (Å²) < 4.78 is 14.4. The number of hydrogen-bond acceptors (Lipinski definition) is 3. The number of hydrogen-bond donors (Lipinski definition) is 2. The van der Waals surface area contributed by atoms with Gasteiger partial charge in [0.2, 0.25) is 0 Å². The molecule has 4 heterocycles. The molecular weight excluding hydrogens is 365 g/mol. The third kappa shape index (κ3) is 2.82. The van der Waals surface area contributed by atoms with E-state index in [9.17, 15) is 9.50 Å². The Labute approximate surface area is 169 Å². The molecule has 2 unspecified atom stereocenters. The minimum atomic E-state index is -1.06. The molecule has 4 nitrogen and oxygen atoms in total. The Hall–Kier alpha value is -2.24. The second kappa shape index (κ2) is 6.38. The molecule has 150 valence electrons. The highest BCUT2D eigenvalue weighted by Gasteiger charge is 2.49. The second-order valence-electron chi connectivity index (χ2n) is 9.17. The molecule has 29 heavy (non-hydrogen) atoms. The van der Waals surface area contributed by atoms with Crippen LogP contribution >= 0.6 is 0 Å². The summed E-state index contributed by atoms with van der Waals surface area (Å²) in [5.74, 6) is 0.346. The van der Waals surface area contributed by atoms with E-state index in [1.807, 2.05) is 18.3 Å². The van der Waals surface area contributed by atoms with Crippen molar-refractivity contribution < 1.29 is 9.50 Å². The van der Waals surface area contributed by atoms with Gasteiger partial charge in [-0.25, -0.2) is 9.37 Å². The Morgan fingerprint density at radius 3 is 2.55 bits per heavy atom. The van der Waals surface area contributed by atoms with Crippen molar-refractivity contribution >= 4 is 11.0 Å². The molecule has 3 fully saturated rings. The number of aromatic amines is 1. The van der Waals surface area contributed by atoms with Gasteiger partial charge < -0.3 is 10.1 Å². The Kier molecular flexibility index (Phi) is 3.87. The number of benzene rings is 1. The third-order valence-corrected chi connectivity index (χ3v) is 7.33. The summed E-state index contributed by atoms with van der Waals surface area (Å²) in [4.78, 5) is 10.7. The van der Waals surface area contributed by atoms with Crippen LogP contribution in [0.2, 0.25) is 0 Å². The van der Waals surface area contributed by atoms with Gasteiger partial charge in [-0.15, -0.1) is 0 Å². The van der Waals surface area contributed by atoms with E-state index in [0.717, 1.165) is 25.0 Å². The minimum absolute atomic E-state index is 0.284. The zero-order valence-corrected chi connectivity index (χ0v) is 16.4. The van der Waals surface area contributed by atoms with E-state index < -0.39 is 5.60 Å². The first-order valence-electron chi connectivity index (χ1n) is 10.8. The first-order valence-corrected chi connectivity index (χ1v) is 10.8. The monoisotopic (exact) mass is 391 g/mol. The highest BCUT2D eigenvalue weighted by atomic mass is 19.1. The number of aliphatic hydroxyl groups is 1. The lowest BCUT2D eigenvalue weighted by atomic mass is 9.80. The van der Waals surface area contributed by atoms with E-state index in [4.69, 9.17) is 0 Å². The van der Waals surface area contributed by atoms with Crippen LogP contribution in [0, 0.1) is 5.82 Å². The second-order valence-corrected chi connectivity index (χ2v) is 9.17. The zero-order chi connectivity index (χ0) is 19.6. The standard InChI is InChI=1S/C24H26FN3O/c25-21-6-2-1-5-20(21)24(29)12-16-9-10-17(13-24)28(16)14-19-18-4-3-11-26-23(18)27-22(19)15-7-8-15/h1-6,11,15-17,29H,7-10,12-14H2,(H,26,27). The number of rotatable bonds is 4. The predicted molar refractivity (Wildman–Crippen MR) is 110 cm³/mol. The number of H-pyrrole nitrogens is 1. The third-order valence-electron chi connectivity index (χ3n) is 7.33. The van der Waals surface area contributed by atoms with Crippen LogP contribution in [-0.4, -0.2) is 32.1 Å². The summed E-state index contributed by atoms with van der Waals surface area (Å²) in [6, 6.07) is 11.5. The van der Waals surface area contributed by atoms with E-state index in [0.29, 0.717) is 24.3 Å². The summed E-state index contributed by atoms with van der Waals surface area (Å²) in [5, 5.41) is 12.6. The summed E-state index contributed by atoms with van der Waals surface area (Å²) in [6.45, 7) is 0.889. The fourth-order valence-corrected chi connectivity index (χ4v) is 5.80. The molecule has 0 spiro atoms. The van der Waals surface area contributed by atoms with Gasteiger partial charge in [0.1, 0.15) is 11.5 Å². The van der Waals surface area contributed by atoms with Gasteiger partial charge in [0.25, 0.3) is 0 Å². The topological polar surface area (TPSA) is 52.1 Å². The van der Waals surface area contributed by atoms with Crippen LogP contribution in [0.1, 0.15) is 61.3 Å². The van der Waals surface area contributed by atoms with Gasteiger partial charge in [-0.05, 0) is 68.2 Å². The highest BCUT2D eigenvalue weighted by Crippen LogP contribution is 2.48. The van der Waals surface area contributed by atoms with Gasteiger partial charge in [-0.3, -0.25) is 4.90 Å². The number of pyridine rings is 1. The summed E-state index contributed by atoms with van der Waals surface area (Å²) in [5.41, 5.74) is 3.12. The average Bonchev–Trinajstić information content (AvgIpc) is 3.45. The van der Waals surface area contributed by atoms with Crippen LogP contribution in [0.25, 0.3) is 11.0 Å². The maximum absolute atomic E-state index is 14.4. The zero-order valence-electron chi connectivity index (χ0n) is 16.4. The molecule has 1 saturated carbocycles. The van der Waals surface area contributed by atoms with Crippen molar-refractivity contribution in [1.82, 2.24) is 14.9 Å². The normalized spacial score (nSPS) is 29.6. The fraction of sp³-hybridized carbons (Fsp3) is 0.458. The maximum atomic E-state index is 14.4. The van der Waals surface area contributed by atoms with Crippen molar-refractivity contribution in [2.45, 2.75) is 68.7 Å². The highest BCUT2D eigenvalue weighted by molar-refractivity contribution is 5.81. The van der Waals surface area contributed by atoms with Crippen LogP contribution < -0.4 is 0 Å². The fourth-order valence-electron chi connectivity index (χ4n) is 5.80. The predicted octanol–water partition coefficient (Wildman–Crippen LogP) is 4.59. The molecule has 2 atom stereocenters. The number of nitrogens with zero attached hydrogens (tertiary/aromatic N) is 2. The van der Waals surface area contributed by atoms with Crippen molar-refractivity contribution in [3.8, 4) is 0 Å². The lowest BCUT2D eigenvalue weighted by Crippen LogP contribution is -2.49. The molecule has 6 rings (SSSR count). The molecule has 2 saturated heterocycles. The van der Waals surface area contributed by atoms with Crippen LogP contribution in [0.15, 0.2) is 42.6 Å². The van der Waals surface area contributed by atoms with Crippen LogP contribution in [0.4, 0.5) is 4.39 Å². The molecular formula is C24H26FN3O. The molecule has 5 heteroatoms. The number of nitrogens with one attached hydrogen (secondary N) is 1.